The van der Waals surface area contributed by atoms with E-state index < -0.39 is 0 Å². The van der Waals surface area contributed by atoms with Crippen LogP contribution in [0.4, 0.5) is 0 Å². The second kappa shape index (κ2) is 8.00. The van der Waals surface area contributed by atoms with E-state index in [-0.39, 0.29) is 30.3 Å². The molecule has 18 heavy (non-hydrogen) atoms. The standard InChI is InChI=1S/C14H28N2O.ClH/c1-10(2)8-12-6-5-7-16(9-12)14(17)13(15)11(3)4;/h10-13H,5-9,15H2,1-4H3;1H/t12?,13-;/m0./s1. The Morgan fingerprint density at radius 2 is 1.94 bits per heavy atom. The van der Waals surface area contributed by atoms with Crippen LogP contribution in [-0.4, -0.2) is 29.9 Å². The number of nitrogens with zero attached hydrogens (tertiary/aromatic N) is 1. The molecule has 1 heterocycles. The predicted octanol–water partition coefficient (Wildman–Crippen LogP) is 2.68. The third-order valence-corrected chi connectivity index (χ3v) is 3.64. The highest BCUT2D eigenvalue weighted by molar-refractivity contribution is 5.85. The Morgan fingerprint density at radius 1 is 1.33 bits per heavy atom. The number of amides is 1. The maximum absolute atomic E-state index is 12.2. The van der Waals surface area contributed by atoms with Crippen molar-refractivity contribution in [2.75, 3.05) is 13.1 Å². The summed E-state index contributed by atoms with van der Waals surface area (Å²) in [6, 6.07) is -0.326. The summed E-state index contributed by atoms with van der Waals surface area (Å²) in [5, 5.41) is 0. The highest BCUT2D eigenvalue weighted by atomic mass is 35.5. The molecular weight excluding hydrogens is 248 g/mol. The van der Waals surface area contributed by atoms with Gasteiger partial charge in [-0.3, -0.25) is 4.79 Å². The summed E-state index contributed by atoms with van der Waals surface area (Å²) in [5.74, 6) is 1.77. The molecule has 0 radical (unpaired) electrons. The van der Waals surface area contributed by atoms with Crippen LogP contribution in [-0.2, 0) is 4.79 Å². The van der Waals surface area contributed by atoms with E-state index in [1.165, 1.54) is 12.8 Å². The van der Waals surface area contributed by atoms with Gasteiger partial charge >= 0.3 is 0 Å². The number of hydrogen-bond donors (Lipinski definition) is 1. The van der Waals surface area contributed by atoms with Gasteiger partial charge < -0.3 is 10.6 Å². The van der Waals surface area contributed by atoms with Crippen LogP contribution in [0.15, 0.2) is 0 Å². The minimum absolute atomic E-state index is 0. The fourth-order valence-electron chi connectivity index (χ4n) is 2.62. The summed E-state index contributed by atoms with van der Waals surface area (Å²) in [5.41, 5.74) is 5.95. The number of rotatable bonds is 4. The summed E-state index contributed by atoms with van der Waals surface area (Å²) in [6.07, 6.45) is 3.62. The minimum atomic E-state index is -0.326. The first-order valence-corrected chi connectivity index (χ1v) is 6.96. The highest BCUT2D eigenvalue weighted by Gasteiger charge is 2.28. The number of piperidine rings is 1. The summed E-state index contributed by atoms with van der Waals surface area (Å²) in [7, 11) is 0. The largest absolute Gasteiger partial charge is 0.341 e. The Morgan fingerprint density at radius 3 is 2.44 bits per heavy atom. The van der Waals surface area contributed by atoms with Crippen LogP contribution >= 0.6 is 12.4 Å². The van der Waals surface area contributed by atoms with Crippen LogP contribution in [0.1, 0.15) is 47.0 Å². The molecule has 0 aromatic rings. The van der Waals surface area contributed by atoms with Gasteiger partial charge in [0, 0.05) is 13.1 Å². The van der Waals surface area contributed by atoms with Crippen LogP contribution in [0.2, 0.25) is 0 Å². The lowest BCUT2D eigenvalue weighted by Gasteiger charge is -2.35. The number of likely N-dealkylation sites (tertiary alicyclic amines) is 1. The molecule has 1 aliphatic heterocycles. The maximum Gasteiger partial charge on any atom is 0.239 e. The quantitative estimate of drug-likeness (QED) is 0.858. The molecule has 1 fully saturated rings. The van der Waals surface area contributed by atoms with Crippen molar-refractivity contribution in [2.45, 2.75) is 53.0 Å². The monoisotopic (exact) mass is 276 g/mol. The normalized spacial score (nSPS) is 21.9. The first-order valence-electron chi connectivity index (χ1n) is 6.96. The Kier molecular flexibility index (Phi) is 7.88. The van der Waals surface area contributed by atoms with Crippen LogP contribution in [0.3, 0.4) is 0 Å². The second-order valence-electron chi connectivity index (χ2n) is 6.19. The van der Waals surface area contributed by atoms with Crippen molar-refractivity contribution < 1.29 is 4.79 Å². The molecule has 1 saturated heterocycles. The van der Waals surface area contributed by atoms with Crippen molar-refractivity contribution in [3.8, 4) is 0 Å². The van der Waals surface area contributed by atoms with Gasteiger partial charge in [-0.2, -0.15) is 0 Å². The third-order valence-electron chi connectivity index (χ3n) is 3.64. The average Bonchev–Trinajstić information content (AvgIpc) is 2.26. The van der Waals surface area contributed by atoms with Crippen LogP contribution < -0.4 is 5.73 Å². The molecule has 1 amide bonds. The molecule has 108 valence electrons. The Labute approximate surface area is 118 Å². The molecule has 4 heteroatoms. The average molecular weight is 277 g/mol. The zero-order valence-corrected chi connectivity index (χ0v) is 13.0. The van der Waals surface area contributed by atoms with E-state index in [0.717, 1.165) is 19.5 Å². The number of nitrogens with two attached hydrogens (primary N) is 1. The van der Waals surface area contributed by atoms with Gasteiger partial charge in [-0.25, -0.2) is 0 Å². The van der Waals surface area contributed by atoms with E-state index >= 15 is 0 Å². The Hall–Kier alpha value is -0.280. The van der Waals surface area contributed by atoms with Gasteiger partial charge in [-0.05, 0) is 37.0 Å². The zero-order chi connectivity index (χ0) is 13.0. The smallest absolute Gasteiger partial charge is 0.239 e. The molecule has 1 aliphatic rings. The van der Waals surface area contributed by atoms with E-state index in [9.17, 15) is 4.79 Å². The van der Waals surface area contributed by atoms with E-state index in [4.69, 9.17) is 5.73 Å². The molecule has 0 spiro atoms. The van der Waals surface area contributed by atoms with Gasteiger partial charge in [0.1, 0.15) is 0 Å². The molecule has 1 unspecified atom stereocenters. The molecule has 3 nitrogen and oxygen atoms in total. The molecule has 1 rings (SSSR count). The summed E-state index contributed by atoms with van der Waals surface area (Å²) < 4.78 is 0. The SMILES string of the molecule is CC(C)CC1CCCN(C(=O)[C@@H](N)C(C)C)C1.Cl. The number of hydrogen-bond acceptors (Lipinski definition) is 2. The van der Waals surface area contributed by atoms with Crippen LogP contribution in [0, 0.1) is 17.8 Å². The lowest BCUT2D eigenvalue weighted by atomic mass is 9.89. The minimum Gasteiger partial charge on any atom is -0.341 e. The van der Waals surface area contributed by atoms with E-state index in [0.29, 0.717) is 11.8 Å². The summed E-state index contributed by atoms with van der Waals surface area (Å²) in [6.45, 7) is 10.3. The highest BCUT2D eigenvalue weighted by Crippen LogP contribution is 2.23. The van der Waals surface area contributed by atoms with Gasteiger partial charge in [0.05, 0.1) is 6.04 Å². The van der Waals surface area contributed by atoms with Crippen molar-refractivity contribution >= 4 is 18.3 Å². The fraction of sp³-hybridized carbons (Fsp3) is 0.929. The summed E-state index contributed by atoms with van der Waals surface area (Å²) in [4.78, 5) is 14.2. The number of halogens is 1. The zero-order valence-electron chi connectivity index (χ0n) is 12.2. The molecule has 2 atom stereocenters. The molecular formula is C14H29ClN2O. The molecule has 0 bridgehead atoms. The van der Waals surface area contributed by atoms with Crippen molar-refractivity contribution in [3.63, 3.8) is 0 Å². The molecule has 0 aromatic heterocycles. The lowest BCUT2D eigenvalue weighted by Crippen LogP contribution is -2.50. The second-order valence-corrected chi connectivity index (χ2v) is 6.19. The van der Waals surface area contributed by atoms with Crippen molar-refractivity contribution in [2.24, 2.45) is 23.5 Å². The number of carbonyl (C=O) groups is 1. The Bertz CT molecular complexity index is 256. The molecule has 2 N–H and O–H groups in total. The molecule has 0 saturated carbocycles. The third kappa shape index (κ3) is 5.15. The van der Waals surface area contributed by atoms with E-state index in [2.05, 4.69) is 13.8 Å². The topological polar surface area (TPSA) is 46.3 Å². The summed E-state index contributed by atoms with van der Waals surface area (Å²) >= 11 is 0. The van der Waals surface area contributed by atoms with Gasteiger partial charge in [-0.1, -0.05) is 27.7 Å². The molecule has 0 aromatic carbocycles. The van der Waals surface area contributed by atoms with Crippen molar-refractivity contribution in [1.82, 2.24) is 4.90 Å². The van der Waals surface area contributed by atoms with E-state index in [1.54, 1.807) is 0 Å². The maximum atomic E-state index is 12.2. The van der Waals surface area contributed by atoms with Gasteiger partial charge in [0.15, 0.2) is 0 Å². The first kappa shape index (κ1) is 17.7. The number of carbonyl (C=O) groups excluding carboxylic acids is 1. The van der Waals surface area contributed by atoms with Gasteiger partial charge in [0.25, 0.3) is 0 Å². The van der Waals surface area contributed by atoms with Crippen LogP contribution in [0.25, 0.3) is 0 Å². The van der Waals surface area contributed by atoms with Crippen LogP contribution in [0.5, 0.6) is 0 Å². The van der Waals surface area contributed by atoms with Crippen molar-refractivity contribution in [3.05, 3.63) is 0 Å². The predicted molar refractivity (Wildman–Crippen MR) is 78.8 cm³/mol. The van der Waals surface area contributed by atoms with Gasteiger partial charge in [0.2, 0.25) is 5.91 Å². The van der Waals surface area contributed by atoms with E-state index in [1.807, 2.05) is 18.7 Å². The molecule has 0 aliphatic carbocycles. The Balaban J connectivity index is 0.00000289. The fourth-order valence-corrected chi connectivity index (χ4v) is 2.62. The van der Waals surface area contributed by atoms with Gasteiger partial charge in [-0.15, -0.1) is 12.4 Å². The lowest BCUT2D eigenvalue weighted by molar-refractivity contribution is -0.135. The first-order chi connectivity index (χ1) is 7.91. The van der Waals surface area contributed by atoms with Crippen molar-refractivity contribution in [1.29, 1.82) is 0 Å².